The van der Waals surface area contributed by atoms with Crippen molar-refractivity contribution in [3.63, 3.8) is 0 Å². The molecule has 7 rings (SSSR count). The summed E-state index contributed by atoms with van der Waals surface area (Å²) in [4.78, 5) is 0. The van der Waals surface area contributed by atoms with Crippen LogP contribution in [0, 0.1) is 0 Å². The molecule has 0 unspecified atom stereocenters. The fourth-order valence-electron chi connectivity index (χ4n) is 5.95. The van der Waals surface area contributed by atoms with Gasteiger partial charge in [-0.3, -0.25) is 0 Å². The van der Waals surface area contributed by atoms with E-state index in [1.54, 1.807) is 0 Å². The first-order chi connectivity index (χ1) is 20.6. The Balaban J connectivity index is 1.53. The van der Waals surface area contributed by atoms with Crippen LogP contribution < -0.4 is 31.8 Å². The maximum absolute atomic E-state index is 15.4. The molecule has 7 aromatic rings. The molecule has 0 fully saturated rings. The topological polar surface area (TPSA) is 34.1 Å². The van der Waals surface area contributed by atoms with E-state index in [-0.39, 0.29) is 0 Å². The lowest BCUT2D eigenvalue weighted by molar-refractivity contribution is 0.591. The van der Waals surface area contributed by atoms with E-state index in [9.17, 15) is 0 Å². The van der Waals surface area contributed by atoms with E-state index in [2.05, 4.69) is 24.3 Å². The van der Waals surface area contributed by atoms with Gasteiger partial charge in [-0.2, -0.15) is 0 Å². The molecule has 7 aromatic carbocycles. The molecule has 42 heavy (non-hydrogen) atoms. The summed E-state index contributed by atoms with van der Waals surface area (Å²) in [5, 5.41) is 8.68. The normalized spacial score (nSPS) is 12.0. The Hall–Kier alpha value is -4.48. The van der Waals surface area contributed by atoms with Gasteiger partial charge in [0, 0.05) is 31.8 Å². The highest BCUT2D eigenvalue weighted by Crippen LogP contribution is 2.47. The van der Waals surface area contributed by atoms with Gasteiger partial charge >= 0.3 is 0 Å². The second-order valence-electron chi connectivity index (χ2n) is 10.4. The van der Waals surface area contributed by atoms with Crippen molar-refractivity contribution in [3.8, 4) is 0 Å². The molecule has 0 amide bonds. The van der Waals surface area contributed by atoms with Crippen LogP contribution in [0.1, 0.15) is 0 Å². The third-order valence-corrected chi connectivity index (χ3v) is 14.2. The maximum atomic E-state index is 15.4. The van der Waals surface area contributed by atoms with Crippen molar-refractivity contribution in [1.82, 2.24) is 0 Å². The van der Waals surface area contributed by atoms with Crippen LogP contribution in [-0.4, -0.2) is 0 Å². The summed E-state index contributed by atoms with van der Waals surface area (Å²) >= 11 is 0. The molecule has 0 N–H and O–H groups in total. The van der Waals surface area contributed by atoms with E-state index in [1.165, 1.54) is 0 Å². The average molecular weight is 579 g/mol. The van der Waals surface area contributed by atoms with Crippen LogP contribution in [0.5, 0.6) is 0 Å². The summed E-state index contributed by atoms with van der Waals surface area (Å²) < 4.78 is 30.6. The highest BCUT2D eigenvalue weighted by atomic mass is 31.2. The third-order valence-electron chi connectivity index (χ3n) is 8.00. The van der Waals surface area contributed by atoms with Crippen LogP contribution in [0.3, 0.4) is 0 Å². The predicted octanol–water partition coefficient (Wildman–Crippen LogP) is 7.27. The molecular formula is C38H28O2P2. The van der Waals surface area contributed by atoms with Gasteiger partial charge in [0.1, 0.15) is 0 Å². The molecule has 0 spiro atoms. The molecular weight excluding hydrogens is 550 g/mol. The van der Waals surface area contributed by atoms with Crippen molar-refractivity contribution in [2.24, 2.45) is 0 Å². The van der Waals surface area contributed by atoms with Crippen LogP contribution in [0.15, 0.2) is 170 Å². The van der Waals surface area contributed by atoms with Gasteiger partial charge in [0.05, 0.1) is 0 Å². The minimum Gasteiger partial charge on any atom is -0.309 e. The molecule has 0 saturated heterocycles. The van der Waals surface area contributed by atoms with E-state index >= 15 is 9.13 Å². The van der Waals surface area contributed by atoms with Gasteiger partial charge in [-0.25, -0.2) is 0 Å². The van der Waals surface area contributed by atoms with Crippen molar-refractivity contribution in [2.45, 2.75) is 0 Å². The number of rotatable bonds is 6. The highest BCUT2D eigenvalue weighted by molar-refractivity contribution is 7.86. The van der Waals surface area contributed by atoms with Gasteiger partial charge in [-0.15, -0.1) is 0 Å². The molecule has 202 valence electrons. The summed E-state index contributed by atoms with van der Waals surface area (Å²) in [5.41, 5.74) is 0. The van der Waals surface area contributed by atoms with Crippen LogP contribution in [0.2, 0.25) is 0 Å². The van der Waals surface area contributed by atoms with E-state index in [0.29, 0.717) is 0 Å². The Morgan fingerprint density at radius 3 is 1.19 bits per heavy atom. The SMILES string of the molecule is O=P(c1ccccc1)(c1ccccc1)c1ccc2cc(P(=O)(c3ccccc3)c3ccccc3)c3ccccc3c2c1. The quantitative estimate of drug-likeness (QED) is 0.154. The monoisotopic (exact) mass is 578 g/mol. The number of hydrogen-bond donors (Lipinski definition) is 0. The van der Waals surface area contributed by atoms with E-state index in [4.69, 9.17) is 0 Å². The Bertz CT molecular complexity index is 2040. The molecule has 0 aliphatic heterocycles. The Morgan fingerprint density at radius 1 is 0.310 bits per heavy atom. The molecule has 0 radical (unpaired) electrons. The first-order valence-corrected chi connectivity index (χ1v) is 17.4. The maximum Gasteiger partial charge on any atom is 0.171 e. The summed E-state index contributed by atoms with van der Waals surface area (Å²) in [7, 11) is -6.37. The van der Waals surface area contributed by atoms with Crippen molar-refractivity contribution < 1.29 is 9.13 Å². The first-order valence-electron chi connectivity index (χ1n) is 14.0. The van der Waals surface area contributed by atoms with Gasteiger partial charge in [0.2, 0.25) is 0 Å². The van der Waals surface area contributed by atoms with Gasteiger partial charge in [-0.1, -0.05) is 158 Å². The minimum atomic E-state index is -3.22. The number of benzene rings is 7. The Kier molecular flexibility index (Phi) is 6.75. The molecule has 0 aromatic heterocycles. The highest BCUT2D eigenvalue weighted by Gasteiger charge is 2.33. The smallest absolute Gasteiger partial charge is 0.171 e. The van der Waals surface area contributed by atoms with Gasteiger partial charge in [0.25, 0.3) is 0 Å². The number of hydrogen-bond acceptors (Lipinski definition) is 2. The zero-order chi connectivity index (χ0) is 28.6. The summed E-state index contributed by atoms with van der Waals surface area (Å²) in [6.45, 7) is 0. The van der Waals surface area contributed by atoms with Crippen molar-refractivity contribution in [3.05, 3.63) is 170 Å². The second-order valence-corrected chi connectivity index (χ2v) is 15.9. The molecule has 0 bridgehead atoms. The standard InChI is InChI=1S/C38H28O2P2/c39-41(30-15-5-1-6-16-30,31-17-7-2-8-18-31)34-26-25-29-27-38(36-24-14-13-23-35(36)37(29)28-34)42(40,32-19-9-3-10-20-32)33-21-11-4-12-22-33/h1-28H. The molecule has 0 heterocycles. The Labute approximate surface area is 246 Å². The molecule has 0 aliphatic rings. The average Bonchev–Trinajstić information content (AvgIpc) is 3.08. The molecule has 0 saturated carbocycles. The van der Waals surface area contributed by atoms with E-state index in [0.717, 1.165) is 53.4 Å². The van der Waals surface area contributed by atoms with Gasteiger partial charge in [0.15, 0.2) is 14.3 Å². The molecule has 0 aliphatic carbocycles. The van der Waals surface area contributed by atoms with Crippen molar-refractivity contribution in [2.75, 3.05) is 0 Å². The molecule has 2 nitrogen and oxygen atoms in total. The predicted molar refractivity (Wildman–Crippen MR) is 180 cm³/mol. The zero-order valence-electron chi connectivity index (χ0n) is 22.9. The van der Waals surface area contributed by atoms with E-state index in [1.807, 2.05) is 146 Å². The van der Waals surface area contributed by atoms with Gasteiger partial charge < -0.3 is 9.13 Å². The summed E-state index contributed by atoms with van der Waals surface area (Å²) in [5.74, 6) is 0. The zero-order valence-corrected chi connectivity index (χ0v) is 24.7. The lowest BCUT2D eigenvalue weighted by Gasteiger charge is -2.24. The fraction of sp³-hybridized carbons (Fsp3) is 0. The van der Waals surface area contributed by atoms with Crippen LogP contribution >= 0.6 is 14.3 Å². The van der Waals surface area contributed by atoms with Crippen molar-refractivity contribution in [1.29, 1.82) is 0 Å². The van der Waals surface area contributed by atoms with Gasteiger partial charge in [-0.05, 0) is 33.7 Å². The van der Waals surface area contributed by atoms with Crippen LogP contribution in [-0.2, 0) is 9.13 Å². The molecule has 4 heteroatoms. The van der Waals surface area contributed by atoms with E-state index < -0.39 is 14.3 Å². The lowest BCUT2D eigenvalue weighted by atomic mass is 10.0. The lowest BCUT2D eigenvalue weighted by Crippen LogP contribution is -2.26. The Morgan fingerprint density at radius 2 is 0.714 bits per heavy atom. The first kappa shape index (κ1) is 26.4. The number of fused-ring (bicyclic) bond motifs is 3. The largest absolute Gasteiger partial charge is 0.309 e. The molecule has 0 atom stereocenters. The van der Waals surface area contributed by atoms with Crippen molar-refractivity contribution >= 4 is 67.7 Å². The summed E-state index contributed by atoms with van der Waals surface area (Å²) in [6, 6.07) is 55.4. The summed E-state index contributed by atoms with van der Waals surface area (Å²) in [6.07, 6.45) is 0. The second kappa shape index (κ2) is 10.7. The van der Waals surface area contributed by atoms with Crippen LogP contribution in [0.4, 0.5) is 0 Å². The fourth-order valence-corrected chi connectivity index (χ4v) is 11.5. The minimum absolute atomic E-state index is 0.777. The third kappa shape index (κ3) is 4.27. The van der Waals surface area contributed by atoms with Crippen LogP contribution in [0.25, 0.3) is 21.5 Å².